The van der Waals surface area contributed by atoms with Gasteiger partial charge in [0.1, 0.15) is 12.4 Å². The summed E-state index contributed by atoms with van der Waals surface area (Å²) in [6, 6.07) is 11.2. The van der Waals surface area contributed by atoms with E-state index in [0.717, 1.165) is 16.9 Å². The summed E-state index contributed by atoms with van der Waals surface area (Å²) in [5.41, 5.74) is 1.86. The Morgan fingerprint density at radius 3 is 2.50 bits per heavy atom. The van der Waals surface area contributed by atoms with E-state index in [4.69, 9.17) is 4.42 Å². The van der Waals surface area contributed by atoms with Gasteiger partial charge in [0.15, 0.2) is 5.76 Å². The number of carbonyl (C=O) groups excluding carboxylic acids is 2. The van der Waals surface area contributed by atoms with Crippen LogP contribution in [0.15, 0.2) is 47.1 Å². The van der Waals surface area contributed by atoms with Gasteiger partial charge in [0, 0.05) is 26.2 Å². The molecule has 4 rings (SSSR count). The average Bonchev–Trinajstić information content (AvgIpc) is 3.30. The zero-order chi connectivity index (χ0) is 18.1. The highest BCUT2D eigenvalue weighted by Gasteiger charge is 2.26. The van der Waals surface area contributed by atoms with E-state index in [-0.39, 0.29) is 18.4 Å². The van der Waals surface area contributed by atoms with Crippen molar-refractivity contribution >= 4 is 22.8 Å². The van der Waals surface area contributed by atoms with Crippen molar-refractivity contribution in [3.05, 3.63) is 54.2 Å². The molecule has 0 radical (unpaired) electrons. The van der Waals surface area contributed by atoms with Crippen molar-refractivity contribution in [2.45, 2.75) is 13.5 Å². The molecule has 2 aromatic heterocycles. The molecular weight excluding hydrogens is 332 g/mol. The predicted molar refractivity (Wildman–Crippen MR) is 95.7 cm³/mol. The number of hydrogen-bond acceptors (Lipinski definition) is 4. The van der Waals surface area contributed by atoms with Crippen LogP contribution in [0.1, 0.15) is 16.4 Å². The first-order chi connectivity index (χ1) is 12.6. The number of fused-ring (bicyclic) bond motifs is 1. The molecule has 0 aliphatic carbocycles. The topological polar surface area (TPSA) is 71.6 Å². The molecule has 1 fully saturated rings. The fourth-order valence-electron chi connectivity index (χ4n) is 3.35. The van der Waals surface area contributed by atoms with Gasteiger partial charge in [-0.3, -0.25) is 9.59 Å². The highest BCUT2D eigenvalue weighted by Crippen LogP contribution is 2.16. The van der Waals surface area contributed by atoms with Crippen molar-refractivity contribution in [2.24, 2.45) is 0 Å². The molecule has 7 heteroatoms. The van der Waals surface area contributed by atoms with Crippen LogP contribution in [0.2, 0.25) is 0 Å². The molecule has 1 aromatic carbocycles. The number of imidazole rings is 1. The number of hydrogen-bond donors (Lipinski definition) is 0. The molecular formula is C19H20N4O3. The lowest BCUT2D eigenvalue weighted by Gasteiger charge is -2.34. The molecule has 0 unspecified atom stereocenters. The van der Waals surface area contributed by atoms with Gasteiger partial charge in [-0.15, -0.1) is 0 Å². The molecule has 1 aliphatic heterocycles. The number of amides is 2. The van der Waals surface area contributed by atoms with Gasteiger partial charge < -0.3 is 18.8 Å². The van der Waals surface area contributed by atoms with E-state index in [0.29, 0.717) is 31.9 Å². The number of carbonyl (C=O) groups is 2. The number of benzene rings is 1. The van der Waals surface area contributed by atoms with E-state index in [9.17, 15) is 9.59 Å². The van der Waals surface area contributed by atoms with Crippen LogP contribution in [0.4, 0.5) is 0 Å². The number of piperazine rings is 1. The maximum Gasteiger partial charge on any atom is 0.289 e. The molecule has 134 valence electrons. The first-order valence-electron chi connectivity index (χ1n) is 8.66. The predicted octanol–water partition coefficient (Wildman–Crippen LogP) is 1.92. The second-order valence-corrected chi connectivity index (χ2v) is 6.38. The molecule has 1 aliphatic rings. The summed E-state index contributed by atoms with van der Waals surface area (Å²) in [7, 11) is 0. The van der Waals surface area contributed by atoms with Crippen molar-refractivity contribution in [3.63, 3.8) is 0 Å². The number of furan rings is 1. The summed E-state index contributed by atoms with van der Waals surface area (Å²) in [5.74, 6) is 1.08. The van der Waals surface area contributed by atoms with Gasteiger partial charge in [-0.2, -0.15) is 0 Å². The summed E-state index contributed by atoms with van der Waals surface area (Å²) < 4.78 is 7.11. The first kappa shape index (κ1) is 16.4. The average molecular weight is 352 g/mol. The lowest BCUT2D eigenvalue weighted by Crippen LogP contribution is -2.51. The Balaban J connectivity index is 1.41. The number of aromatic nitrogens is 2. The third kappa shape index (κ3) is 2.96. The monoisotopic (exact) mass is 352 g/mol. The van der Waals surface area contributed by atoms with Gasteiger partial charge in [-0.25, -0.2) is 4.98 Å². The van der Waals surface area contributed by atoms with Crippen molar-refractivity contribution in [3.8, 4) is 0 Å². The molecule has 3 aromatic rings. The Bertz CT molecular complexity index is 937. The largest absolute Gasteiger partial charge is 0.459 e. The van der Waals surface area contributed by atoms with Crippen LogP contribution in [-0.4, -0.2) is 57.3 Å². The Kier molecular flexibility index (Phi) is 4.20. The Hall–Kier alpha value is -3.09. The fraction of sp³-hybridized carbons (Fsp3) is 0.316. The minimum atomic E-state index is -0.126. The van der Waals surface area contributed by atoms with Crippen LogP contribution in [0.3, 0.4) is 0 Å². The van der Waals surface area contributed by atoms with Crippen LogP contribution < -0.4 is 0 Å². The van der Waals surface area contributed by atoms with Crippen LogP contribution in [-0.2, 0) is 11.3 Å². The Morgan fingerprint density at radius 2 is 1.77 bits per heavy atom. The summed E-state index contributed by atoms with van der Waals surface area (Å²) in [6.45, 7) is 4.24. The number of nitrogens with zero attached hydrogens (tertiary/aromatic N) is 4. The zero-order valence-electron chi connectivity index (χ0n) is 14.6. The van der Waals surface area contributed by atoms with Crippen molar-refractivity contribution in [1.29, 1.82) is 0 Å². The molecule has 7 nitrogen and oxygen atoms in total. The van der Waals surface area contributed by atoms with Gasteiger partial charge in [0.05, 0.1) is 17.3 Å². The van der Waals surface area contributed by atoms with E-state index in [1.165, 1.54) is 6.26 Å². The third-order valence-electron chi connectivity index (χ3n) is 4.79. The summed E-state index contributed by atoms with van der Waals surface area (Å²) in [6.07, 6.45) is 1.49. The first-order valence-corrected chi connectivity index (χ1v) is 8.66. The van der Waals surface area contributed by atoms with Gasteiger partial charge in [0.25, 0.3) is 5.91 Å². The van der Waals surface area contributed by atoms with Crippen molar-refractivity contribution < 1.29 is 14.0 Å². The maximum atomic E-state index is 12.7. The number of aryl methyl sites for hydroxylation is 1. The standard InChI is InChI=1S/C19H20N4O3/c1-14-20-15-5-2-3-6-16(15)23(14)13-18(24)21-8-10-22(11-9-21)19(25)17-7-4-12-26-17/h2-7,12H,8-11,13H2,1H3. The smallest absolute Gasteiger partial charge is 0.289 e. The Morgan fingerprint density at radius 1 is 1.04 bits per heavy atom. The van der Waals surface area contributed by atoms with Crippen LogP contribution in [0, 0.1) is 6.92 Å². The van der Waals surface area contributed by atoms with Crippen LogP contribution in [0.5, 0.6) is 0 Å². The van der Waals surface area contributed by atoms with E-state index >= 15 is 0 Å². The second-order valence-electron chi connectivity index (χ2n) is 6.38. The van der Waals surface area contributed by atoms with Gasteiger partial charge in [-0.05, 0) is 31.2 Å². The quantitative estimate of drug-likeness (QED) is 0.722. The summed E-state index contributed by atoms with van der Waals surface area (Å²) in [4.78, 5) is 33.1. The SMILES string of the molecule is Cc1nc2ccccc2n1CC(=O)N1CCN(C(=O)c2ccco2)CC1. The van der Waals surface area contributed by atoms with E-state index < -0.39 is 0 Å². The molecule has 2 amide bonds. The highest BCUT2D eigenvalue weighted by molar-refractivity contribution is 5.91. The third-order valence-corrected chi connectivity index (χ3v) is 4.79. The van der Waals surface area contributed by atoms with Crippen molar-refractivity contribution in [1.82, 2.24) is 19.4 Å². The fourth-order valence-corrected chi connectivity index (χ4v) is 3.35. The lowest BCUT2D eigenvalue weighted by molar-refractivity contribution is -0.133. The van der Waals surface area contributed by atoms with Gasteiger partial charge >= 0.3 is 0 Å². The number of para-hydroxylation sites is 2. The summed E-state index contributed by atoms with van der Waals surface area (Å²) in [5, 5.41) is 0. The normalized spacial score (nSPS) is 14.8. The van der Waals surface area contributed by atoms with Gasteiger partial charge in [0.2, 0.25) is 5.91 Å². The molecule has 3 heterocycles. The van der Waals surface area contributed by atoms with Crippen molar-refractivity contribution in [2.75, 3.05) is 26.2 Å². The lowest BCUT2D eigenvalue weighted by atomic mass is 10.2. The molecule has 0 N–H and O–H groups in total. The van der Waals surface area contributed by atoms with Gasteiger partial charge in [-0.1, -0.05) is 12.1 Å². The molecule has 0 spiro atoms. The molecule has 1 saturated heterocycles. The van der Waals surface area contributed by atoms with E-state index in [1.54, 1.807) is 21.9 Å². The van der Waals surface area contributed by atoms with E-state index in [2.05, 4.69) is 4.98 Å². The minimum Gasteiger partial charge on any atom is -0.459 e. The van der Waals surface area contributed by atoms with Crippen LogP contribution in [0.25, 0.3) is 11.0 Å². The molecule has 26 heavy (non-hydrogen) atoms. The van der Waals surface area contributed by atoms with Crippen LogP contribution >= 0.6 is 0 Å². The molecule has 0 atom stereocenters. The number of rotatable bonds is 3. The Labute approximate surface area is 150 Å². The second kappa shape index (κ2) is 6.67. The summed E-state index contributed by atoms with van der Waals surface area (Å²) >= 11 is 0. The molecule has 0 saturated carbocycles. The van der Waals surface area contributed by atoms with E-state index in [1.807, 2.05) is 35.8 Å². The maximum absolute atomic E-state index is 12.7. The zero-order valence-corrected chi connectivity index (χ0v) is 14.6. The molecule has 0 bridgehead atoms. The highest BCUT2D eigenvalue weighted by atomic mass is 16.3. The minimum absolute atomic E-state index is 0.0429.